The molecule has 2 N–H and O–H groups in total. The zero-order chi connectivity index (χ0) is 24.3. The molecule has 8 nitrogen and oxygen atoms in total. The summed E-state index contributed by atoms with van der Waals surface area (Å²) in [5.74, 6) is 0.654. The first-order valence-corrected chi connectivity index (χ1v) is 11.8. The topological polar surface area (TPSA) is 91.0 Å². The van der Waals surface area contributed by atoms with Crippen molar-refractivity contribution in [1.29, 1.82) is 0 Å². The van der Waals surface area contributed by atoms with E-state index in [1.165, 1.54) is 0 Å². The maximum absolute atomic E-state index is 12.7. The SMILES string of the molecule is CCNC(=O)c1cccc(NC(=O)CN2CCCN(C(=O)CCc3ccc(OC)cc3)CC2)c1. The number of nitrogens with one attached hydrogen (secondary N) is 2. The van der Waals surface area contributed by atoms with Crippen molar-refractivity contribution in [3.63, 3.8) is 0 Å². The fourth-order valence-corrected chi connectivity index (χ4v) is 3.98. The molecule has 0 atom stereocenters. The van der Waals surface area contributed by atoms with Crippen LogP contribution in [0.5, 0.6) is 5.75 Å². The minimum absolute atomic E-state index is 0.132. The third-order valence-corrected chi connectivity index (χ3v) is 5.84. The molecular weight excluding hydrogens is 432 g/mol. The summed E-state index contributed by atoms with van der Waals surface area (Å²) in [6, 6.07) is 14.7. The van der Waals surface area contributed by atoms with E-state index in [-0.39, 0.29) is 24.3 Å². The molecule has 1 fully saturated rings. The predicted molar refractivity (Wildman–Crippen MR) is 132 cm³/mol. The molecule has 0 radical (unpaired) electrons. The fourth-order valence-electron chi connectivity index (χ4n) is 3.98. The highest BCUT2D eigenvalue weighted by molar-refractivity contribution is 5.97. The Balaban J connectivity index is 1.44. The molecule has 1 aliphatic rings. The van der Waals surface area contributed by atoms with Crippen LogP contribution < -0.4 is 15.4 Å². The van der Waals surface area contributed by atoms with Crippen molar-refractivity contribution in [3.8, 4) is 5.75 Å². The number of anilines is 1. The van der Waals surface area contributed by atoms with Crippen molar-refractivity contribution in [2.45, 2.75) is 26.2 Å². The second-order valence-corrected chi connectivity index (χ2v) is 8.35. The van der Waals surface area contributed by atoms with E-state index < -0.39 is 0 Å². The smallest absolute Gasteiger partial charge is 0.251 e. The van der Waals surface area contributed by atoms with Crippen molar-refractivity contribution >= 4 is 23.4 Å². The van der Waals surface area contributed by atoms with E-state index in [4.69, 9.17) is 4.74 Å². The van der Waals surface area contributed by atoms with Crippen LogP contribution in [0.15, 0.2) is 48.5 Å². The second-order valence-electron chi connectivity index (χ2n) is 8.35. The molecule has 0 aromatic heterocycles. The molecule has 3 rings (SSSR count). The van der Waals surface area contributed by atoms with Gasteiger partial charge in [-0.1, -0.05) is 18.2 Å². The minimum Gasteiger partial charge on any atom is -0.497 e. The lowest BCUT2D eigenvalue weighted by Crippen LogP contribution is -2.38. The molecule has 0 spiro atoms. The lowest BCUT2D eigenvalue weighted by atomic mass is 10.1. The van der Waals surface area contributed by atoms with Gasteiger partial charge in [-0.3, -0.25) is 19.3 Å². The molecule has 0 aliphatic carbocycles. The Kier molecular flexibility index (Phi) is 9.46. The van der Waals surface area contributed by atoms with E-state index in [0.717, 1.165) is 24.3 Å². The fraction of sp³-hybridized carbons (Fsp3) is 0.423. The molecule has 182 valence electrons. The van der Waals surface area contributed by atoms with Gasteiger partial charge < -0.3 is 20.3 Å². The Labute approximate surface area is 201 Å². The first kappa shape index (κ1) is 25.2. The number of aryl methyl sites for hydroxylation is 1. The number of amides is 3. The van der Waals surface area contributed by atoms with Crippen molar-refractivity contribution in [1.82, 2.24) is 15.1 Å². The number of hydrogen-bond acceptors (Lipinski definition) is 5. The van der Waals surface area contributed by atoms with E-state index in [1.807, 2.05) is 36.1 Å². The third kappa shape index (κ3) is 7.59. The van der Waals surface area contributed by atoms with Gasteiger partial charge in [0.15, 0.2) is 0 Å². The van der Waals surface area contributed by atoms with Crippen LogP contribution in [0.4, 0.5) is 5.69 Å². The number of rotatable bonds is 9. The molecule has 2 aromatic rings. The van der Waals surface area contributed by atoms with Crippen molar-refractivity contribution in [3.05, 3.63) is 59.7 Å². The van der Waals surface area contributed by atoms with Gasteiger partial charge in [0.2, 0.25) is 11.8 Å². The van der Waals surface area contributed by atoms with Gasteiger partial charge in [-0.2, -0.15) is 0 Å². The summed E-state index contributed by atoms with van der Waals surface area (Å²) in [4.78, 5) is 41.3. The molecule has 8 heteroatoms. The molecule has 0 bridgehead atoms. The predicted octanol–water partition coefficient (Wildman–Crippen LogP) is 2.55. The zero-order valence-corrected chi connectivity index (χ0v) is 20.0. The monoisotopic (exact) mass is 466 g/mol. The van der Waals surface area contributed by atoms with E-state index >= 15 is 0 Å². The lowest BCUT2D eigenvalue weighted by Gasteiger charge is -2.22. The number of nitrogens with zero attached hydrogens (tertiary/aromatic N) is 2. The van der Waals surface area contributed by atoms with Gasteiger partial charge >= 0.3 is 0 Å². The van der Waals surface area contributed by atoms with Crippen LogP contribution in [0, 0.1) is 0 Å². The Bertz CT molecular complexity index is 977. The van der Waals surface area contributed by atoms with Crippen LogP contribution in [0.2, 0.25) is 0 Å². The summed E-state index contributed by atoms with van der Waals surface area (Å²) in [6.07, 6.45) is 1.99. The molecular formula is C26H34N4O4. The van der Waals surface area contributed by atoms with Gasteiger partial charge in [0, 0.05) is 50.4 Å². The van der Waals surface area contributed by atoms with Crippen LogP contribution in [-0.2, 0) is 16.0 Å². The summed E-state index contributed by atoms with van der Waals surface area (Å²) >= 11 is 0. The summed E-state index contributed by atoms with van der Waals surface area (Å²) in [5.41, 5.74) is 2.22. The maximum atomic E-state index is 12.7. The Morgan fingerprint density at radius 1 is 1.00 bits per heavy atom. The average molecular weight is 467 g/mol. The van der Waals surface area contributed by atoms with Crippen molar-refractivity contribution in [2.75, 3.05) is 51.7 Å². The summed E-state index contributed by atoms with van der Waals surface area (Å²) in [7, 11) is 1.64. The van der Waals surface area contributed by atoms with Gasteiger partial charge in [0.1, 0.15) is 5.75 Å². The third-order valence-electron chi connectivity index (χ3n) is 5.84. The number of ether oxygens (including phenoxy) is 1. The van der Waals surface area contributed by atoms with Gasteiger partial charge in [-0.25, -0.2) is 0 Å². The van der Waals surface area contributed by atoms with Crippen LogP contribution in [0.1, 0.15) is 35.7 Å². The highest BCUT2D eigenvalue weighted by atomic mass is 16.5. The quantitative estimate of drug-likeness (QED) is 0.593. The van der Waals surface area contributed by atoms with Crippen molar-refractivity contribution < 1.29 is 19.1 Å². The van der Waals surface area contributed by atoms with Gasteiger partial charge in [0.05, 0.1) is 13.7 Å². The number of methoxy groups -OCH3 is 1. The van der Waals surface area contributed by atoms with Crippen LogP contribution in [-0.4, -0.2) is 73.9 Å². The maximum Gasteiger partial charge on any atom is 0.251 e. The standard InChI is InChI=1S/C26H34N4O4/c1-3-27-26(33)21-6-4-7-22(18-21)28-24(31)19-29-14-5-15-30(17-16-29)25(32)13-10-20-8-11-23(34-2)12-9-20/h4,6-9,11-12,18H,3,5,10,13-17,19H2,1-2H3,(H,27,33)(H,28,31). The highest BCUT2D eigenvalue weighted by Crippen LogP contribution is 2.14. The van der Waals surface area contributed by atoms with Crippen molar-refractivity contribution in [2.24, 2.45) is 0 Å². The zero-order valence-electron chi connectivity index (χ0n) is 20.0. The van der Waals surface area contributed by atoms with E-state index in [2.05, 4.69) is 15.5 Å². The van der Waals surface area contributed by atoms with Gasteiger partial charge in [-0.05, 0) is 55.7 Å². The molecule has 2 aromatic carbocycles. The Hall–Kier alpha value is -3.39. The summed E-state index contributed by atoms with van der Waals surface area (Å²) < 4.78 is 5.17. The first-order valence-electron chi connectivity index (χ1n) is 11.8. The molecule has 0 saturated carbocycles. The van der Waals surface area contributed by atoms with Crippen LogP contribution in [0.3, 0.4) is 0 Å². The normalized spacial score (nSPS) is 14.2. The van der Waals surface area contributed by atoms with Crippen LogP contribution in [0.25, 0.3) is 0 Å². The molecule has 3 amide bonds. The second kappa shape index (κ2) is 12.7. The lowest BCUT2D eigenvalue weighted by molar-refractivity contribution is -0.131. The van der Waals surface area contributed by atoms with E-state index in [0.29, 0.717) is 50.3 Å². The Morgan fingerprint density at radius 3 is 2.53 bits per heavy atom. The Morgan fingerprint density at radius 2 is 1.79 bits per heavy atom. The minimum atomic E-state index is -0.164. The summed E-state index contributed by atoms with van der Waals surface area (Å²) in [6.45, 7) is 5.38. The van der Waals surface area contributed by atoms with Gasteiger partial charge in [-0.15, -0.1) is 0 Å². The summed E-state index contributed by atoms with van der Waals surface area (Å²) in [5, 5.41) is 5.63. The molecule has 0 unspecified atom stereocenters. The van der Waals surface area contributed by atoms with Crippen LogP contribution >= 0.6 is 0 Å². The molecule has 1 heterocycles. The first-order chi connectivity index (χ1) is 16.5. The van der Waals surface area contributed by atoms with Gasteiger partial charge in [0.25, 0.3) is 5.91 Å². The highest BCUT2D eigenvalue weighted by Gasteiger charge is 2.20. The molecule has 34 heavy (non-hydrogen) atoms. The number of hydrogen-bond donors (Lipinski definition) is 2. The largest absolute Gasteiger partial charge is 0.497 e. The van der Waals surface area contributed by atoms with E-state index in [9.17, 15) is 14.4 Å². The van der Waals surface area contributed by atoms with E-state index in [1.54, 1.807) is 31.4 Å². The number of carbonyl (C=O) groups excluding carboxylic acids is 3. The average Bonchev–Trinajstić information content (AvgIpc) is 3.08. The molecule has 1 aliphatic heterocycles. The number of benzene rings is 2. The molecule has 1 saturated heterocycles. The number of carbonyl (C=O) groups is 3.